The zero-order valence-electron chi connectivity index (χ0n) is 12.9. The van der Waals surface area contributed by atoms with Crippen LogP contribution in [0.2, 0.25) is 0 Å². The van der Waals surface area contributed by atoms with Crippen LogP contribution in [0.1, 0.15) is 34.1 Å². The highest BCUT2D eigenvalue weighted by molar-refractivity contribution is 5.36. The molecule has 1 unspecified atom stereocenters. The minimum Gasteiger partial charge on any atom is -0.461 e. The number of nitrogens with one attached hydrogen (secondary N) is 2. The van der Waals surface area contributed by atoms with Crippen molar-refractivity contribution in [3.8, 4) is 6.01 Å². The first-order valence-corrected chi connectivity index (χ1v) is 6.97. The Labute approximate surface area is 120 Å². The molecule has 1 heterocycles. The number of ether oxygens (including phenoxy) is 2. The Morgan fingerprint density at radius 2 is 1.80 bits per heavy atom. The van der Waals surface area contributed by atoms with E-state index in [9.17, 15) is 0 Å². The van der Waals surface area contributed by atoms with Crippen LogP contribution in [0.4, 0.5) is 11.9 Å². The number of aromatic nitrogens is 3. The lowest BCUT2D eigenvalue weighted by Crippen LogP contribution is -2.23. The maximum atomic E-state index is 5.54. The Kier molecular flexibility index (Phi) is 7.00. The van der Waals surface area contributed by atoms with E-state index in [1.165, 1.54) is 0 Å². The SMILES string of the molecule is CCCNc1nc(NC(C)COC)nc(OC(C)C)n1. The Hall–Kier alpha value is -1.63. The van der Waals surface area contributed by atoms with E-state index < -0.39 is 0 Å². The fourth-order valence-electron chi connectivity index (χ4n) is 1.51. The molecule has 0 saturated carbocycles. The van der Waals surface area contributed by atoms with Gasteiger partial charge in [-0.3, -0.25) is 0 Å². The lowest BCUT2D eigenvalue weighted by Gasteiger charge is -2.15. The molecule has 0 aliphatic carbocycles. The molecule has 1 aromatic heterocycles. The number of hydrogen-bond acceptors (Lipinski definition) is 7. The molecule has 0 radical (unpaired) electrons. The maximum Gasteiger partial charge on any atom is 0.323 e. The molecule has 0 aromatic carbocycles. The van der Waals surface area contributed by atoms with Crippen molar-refractivity contribution in [1.82, 2.24) is 15.0 Å². The zero-order chi connectivity index (χ0) is 15.0. The van der Waals surface area contributed by atoms with Crippen LogP contribution in [0.3, 0.4) is 0 Å². The summed E-state index contributed by atoms with van der Waals surface area (Å²) in [5.41, 5.74) is 0. The number of methoxy groups -OCH3 is 1. The van der Waals surface area contributed by atoms with E-state index in [0.29, 0.717) is 24.5 Å². The average molecular weight is 283 g/mol. The number of hydrogen-bond donors (Lipinski definition) is 2. The third-order valence-corrected chi connectivity index (χ3v) is 2.28. The predicted octanol–water partition coefficient (Wildman–Crippen LogP) is 1.93. The van der Waals surface area contributed by atoms with Gasteiger partial charge in [0.2, 0.25) is 11.9 Å². The first kappa shape index (κ1) is 16.4. The van der Waals surface area contributed by atoms with E-state index in [1.54, 1.807) is 7.11 Å². The third kappa shape index (κ3) is 6.01. The molecule has 20 heavy (non-hydrogen) atoms. The van der Waals surface area contributed by atoms with Crippen LogP contribution >= 0.6 is 0 Å². The molecular weight excluding hydrogens is 258 g/mol. The van der Waals surface area contributed by atoms with Gasteiger partial charge in [0.1, 0.15) is 0 Å². The Morgan fingerprint density at radius 3 is 2.40 bits per heavy atom. The second-order valence-corrected chi connectivity index (χ2v) is 4.86. The molecule has 7 heteroatoms. The first-order chi connectivity index (χ1) is 9.55. The summed E-state index contributed by atoms with van der Waals surface area (Å²) in [5.74, 6) is 1.00. The van der Waals surface area contributed by atoms with E-state index in [1.807, 2.05) is 20.8 Å². The summed E-state index contributed by atoms with van der Waals surface area (Å²) in [7, 11) is 1.66. The van der Waals surface area contributed by atoms with Crippen molar-refractivity contribution in [3.63, 3.8) is 0 Å². The number of rotatable bonds is 9. The molecule has 0 aliphatic rings. The first-order valence-electron chi connectivity index (χ1n) is 6.97. The zero-order valence-corrected chi connectivity index (χ0v) is 12.9. The summed E-state index contributed by atoms with van der Waals surface area (Å²) in [5, 5.41) is 6.31. The van der Waals surface area contributed by atoms with Gasteiger partial charge in [0.25, 0.3) is 0 Å². The van der Waals surface area contributed by atoms with Crippen molar-refractivity contribution < 1.29 is 9.47 Å². The topological polar surface area (TPSA) is 81.2 Å². The smallest absolute Gasteiger partial charge is 0.323 e. The van der Waals surface area contributed by atoms with Crippen molar-refractivity contribution in [2.75, 3.05) is 30.9 Å². The van der Waals surface area contributed by atoms with E-state index in [4.69, 9.17) is 9.47 Å². The van der Waals surface area contributed by atoms with Crippen molar-refractivity contribution in [2.45, 2.75) is 46.3 Å². The fourth-order valence-corrected chi connectivity index (χ4v) is 1.51. The summed E-state index contributed by atoms with van der Waals surface area (Å²) in [4.78, 5) is 12.8. The highest BCUT2D eigenvalue weighted by Gasteiger charge is 2.10. The average Bonchev–Trinajstić information content (AvgIpc) is 2.35. The molecule has 7 nitrogen and oxygen atoms in total. The minimum absolute atomic E-state index is 0.0145. The molecule has 0 bridgehead atoms. The molecule has 114 valence electrons. The van der Waals surface area contributed by atoms with Crippen molar-refractivity contribution in [2.24, 2.45) is 0 Å². The van der Waals surface area contributed by atoms with Crippen LogP contribution in [0, 0.1) is 0 Å². The highest BCUT2D eigenvalue weighted by atomic mass is 16.5. The quantitative estimate of drug-likeness (QED) is 0.716. The Bertz CT molecular complexity index is 400. The van der Waals surface area contributed by atoms with Gasteiger partial charge in [-0.05, 0) is 27.2 Å². The summed E-state index contributed by atoms with van der Waals surface area (Å²) in [6.45, 7) is 9.32. The van der Waals surface area contributed by atoms with Crippen molar-refractivity contribution in [1.29, 1.82) is 0 Å². The largest absolute Gasteiger partial charge is 0.461 e. The normalized spacial score (nSPS) is 12.3. The summed E-state index contributed by atoms with van der Waals surface area (Å²) >= 11 is 0. The van der Waals surface area contributed by atoms with Gasteiger partial charge in [-0.25, -0.2) is 0 Å². The van der Waals surface area contributed by atoms with Crippen molar-refractivity contribution >= 4 is 11.9 Å². The molecule has 0 saturated heterocycles. The predicted molar refractivity (Wildman–Crippen MR) is 79.3 cm³/mol. The Balaban J connectivity index is 2.84. The van der Waals surface area contributed by atoms with Crippen LogP contribution in [0.15, 0.2) is 0 Å². The monoisotopic (exact) mass is 283 g/mol. The summed E-state index contributed by atoms with van der Waals surface area (Å²) in [6, 6.07) is 0.425. The summed E-state index contributed by atoms with van der Waals surface area (Å²) < 4.78 is 10.6. The van der Waals surface area contributed by atoms with E-state index in [0.717, 1.165) is 13.0 Å². The van der Waals surface area contributed by atoms with E-state index in [-0.39, 0.29) is 12.1 Å². The molecule has 1 aromatic rings. The van der Waals surface area contributed by atoms with Gasteiger partial charge in [0, 0.05) is 19.7 Å². The third-order valence-electron chi connectivity index (χ3n) is 2.28. The van der Waals surface area contributed by atoms with Gasteiger partial charge < -0.3 is 20.1 Å². The lowest BCUT2D eigenvalue weighted by molar-refractivity contribution is 0.190. The van der Waals surface area contributed by atoms with Gasteiger partial charge in [0.05, 0.1) is 12.7 Å². The molecule has 0 spiro atoms. The number of anilines is 2. The molecule has 1 rings (SSSR count). The molecule has 0 fully saturated rings. The van der Waals surface area contributed by atoms with Crippen LogP contribution < -0.4 is 15.4 Å². The Morgan fingerprint density at radius 1 is 1.10 bits per heavy atom. The molecule has 0 amide bonds. The van der Waals surface area contributed by atoms with Gasteiger partial charge in [-0.15, -0.1) is 0 Å². The van der Waals surface area contributed by atoms with Crippen LogP contribution in [0.5, 0.6) is 6.01 Å². The van der Waals surface area contributed by atoms with Gasteiger partial charge in [-0.1, -0.05) is 6.92 Å². The fraction of sp³-hybridized carbons (Fsp3) is 0.769. The molecular formula is C13H25N5O2. The maximum absolute atomic E-state index is 5.54. The summed E-state index contributed by atoms with van der Waals surface area (Å²) in [6.07, 6.45) is 1.01. The van der Waals surface area contributed by atoms with Crippen LogP contribution in [-0.2, 0) is 4.74 Å². The second-order valence-electron chi connectivity index (χ2n) is 4.86. The van der Waals surface area contributed by atoms with Gasteiger partial charge in [0.15, 0.2) is 0 Å². The number of nitrogens with zero attached hydrogens (tertiary/aromatic N) is 3. The van der Waals surface area contributed by atoms with E-state index in [2.05, 4.69) is 32.5 Å². The standard InChI is InChI=1S/C13H25N5O2/c1-6-7-14-11-16-12(15-10(4)8-19-5)18-13(17-11)20-9(2)3/h9-10H,6-8H2,1-5H3,(H2,14,15,16,17,18). The second kappa shape index (κ2) is 8.52. The highest BCUT2D eigenvalue weighted by Crippen LogP contribution is 2.13. The molecule has 1 atom stereocenters. The van der Waals surface area contributed by atoms with Crippen LogP contribution in [0.25, 0.3) is 0 Å². The van der Waals surface area contributed by atoms with E-state index >= 15 is 0 Å². The van der Waals surface area contributed by atoms with Gasteiger partial charge >= 0.3 is 6.01 Å². The van der Waals surface area contributed by atoms with Gasteiger partial charge in [-0.2, -0.15) is 15.0 Å². The van der Waals surface area contributed by atoms with Crippen LogP contribution in [-0.4, -0.2) is 47.4 Å². The minimum atomic E-state index is 0.0145. The lowest BCUT2D eigenvalue weighted by atomic mass is 10.4. The molecule has 0 aliphatic heterocycles. The molecule has 2 N–H and O–H groups in total. The van der Waals surface area contributed by atoms with Crippen molar-refractivity contribution in [3.05, 3.63) is 0 Å².